The van der Waals surface area contributed by atoms with Gasteiger partial charge in [-0.3, -0.25) is 9.59 Å². The van der Waals surface area contributed by atoms with Gasteiger partial charge in [-0.1, -0.05) is 24.3 Å². The van der Waals surface area contributed by atoms with E-state index in [1.54, 1.807) is 35.7 Å². The molecule has 5 nitrogen and oxygen atoms in total. The summed E-state index contributed by atoms with van der Waals surface area (Å²) in [4.78, 5) is 26.9. The molecule has 0 radical (unpaired) electrons. The highest BCUT2D eigenvalue weighted by Gasteiger charge is 2.14. The van der Waals surface area contributed by atoms with Gasteiger partial charge in [-0.2, -0.15) is 11.3 Å². The summed E-state index contributed by atoms with van der Waals surface area (Å²) < 4.78 is 0. The Bertz CT molecular complexity index is 919. The van der Waals surface area contributed by atoms with E-state index in [9.17, 15) is 9.59 Å². The Hall–Kier alpha value is -3.12. The molecule has 0 unspecified atom stereocenters. The van der Waals surface area contributed by atoms with Crippen LogP contribution in [0.4, 0.5) is 11.4 Å². The predicted molar refractivity (Wildman–Crippen MR) is 111 cm³/mol. The predicted octanol–water partition coefficient (Wildman–Crippen LogP) is 4.00. The number of carbonyl (C=O) groups excluding carboxylic acids is 2. The maximum absolute atomic E-state index is 12.6. The molecule has 0 atom stereocenters. The molecular formula is C21H21N3O2S. The molecule has 27 heavy (non-hydrogen) atoms. The third-order valence-electron chi connectivity index (χ3n) is 4.11. The van der Waals surface area contributed by atoms with Crippen molar-refractivity contribution < 1.29 is 9.59 Å². The molecule has 0 saturated carbocycles. The maximum Gasteiger partial charge on any atom is 0.256 e. The van der Waals surface area contributed by atoms with Crippen LogP contribution < -0.4 is 15.5 Å². The van der Waals surface area contributed by atoms with Crippen molar-refractivity contribution in [1.29, 1.82) is 0 Å². The van der Waals surface area contributed by atoms with Crippen LogP contribution in [-0.4, -0.2) is 25.9 Å². The Morgan fingerprint density at radius 1 is 0.963 bits per heavy atom. The number of carbonyl (C=O) groups is 2. The molecule has 0 aliphatic rings. The Labute approximate surface area is 162 Å². The van der Waals surface area contributed by atoms with Gasteiger partial charge < -0.3 is 15.5 Å². The third-order valence-corrected chi connectivity index (χ3v) is 4.79. The molecule has 0 bridgehead atoms. The average Bonchev–Trinajstić information content (AvgIpc) is 3.22. The van der Waals surface area contributed by atoms with E-state index in [1.165, 1.54) is 11.3 Å². The van der Waals surface area contributed by atoms with E-state index in [0.717, 1.165) is 11.3 Å². The van der Waals surface area contributed by atoms with Gasteiger partial charge in [-0.25, -0.2) is 0 Å². The van der Waals surface area contributed by atoms with Crippen LogP contribution in [0.3, 0.4) is 0 Å². The summed E-state index contributed by atoms with van der Waals surface area (Å²) in [6.45, 7) is 0.416. The Kier molecular flexibility index (Phi) is 5.88. The Morgan fingerprint density at radius 3 is 2.37 bits per heavy atom. The average molecular weight is 379 g/mol. The molecule has 6 heteroatoms. The first-order valence-electron chi connectivity index (χ1n) is 8.51. The number of amides is 2. The van der Waals surface area contributed by atoms with Crippen LogP contribution in [0.15, 0.2) is 65.4 Å². The molecule has 0 aliphatic heterocycles. The summed E-state index contributed by atoms with van der Waals surface area (Å²) in [6.07, 6.45) is 0. The molecule has 0 fully saturated rings. The first kappa shape index (κ1) is 18.7. The number of hydrogen-bond acceptors (Lipinski definition) is 4. The zero-order valence-corrected chi connectivity index (χ0v) is 16.0. The maximum atomic E-state index is 12.6. The van der Waals surface area contributed by atoms with E-state index >= 15 is 0 Å². The highest BCUT2D eigenvalue weighted by atomic mass is 32.1. The standard InChI is InChI=1S/C21H21N3O2S/c1-24(2)17-9-7-15(8-10-17)13-22-21(26)18-5-3-4-6-19(18)23-20(25)16-11-12-27-14-16/h3-12,14H,13H2,1-2H3,(H,22,26)(H,23,25). The van der Waals surface area contributed by atoms with E-state index in [1.807, 2.05) is 48.6 Å². The van der Waals surface area contributed by atoms with E-state index in [4.69, 9.17) is 0 Å². The number of nitrogens with one attached hydrogen (secondary N) is 2. The molecule has 0 aliphatic carbocycles. The van der Waals surface area contributed by atoms with Crippen molar-refractivity contribution in [2.45, 2.75) is 6.54 Å². The topological polar surface area (TPSA) is 61.4 Å². The van der Waals surface area contributed by atoms with E-state index < -0.39 is 0 Å². The van der Waals surface area contributed by atoms with E-state index in [0.29, 0.717) is 23.4 Å². The SMILES string of the molecule is CN(C)c1ccc(CNC(=O)c2ccccc2NC(=O)c2ccsc2)cc1. The van der Waals surface area contributed by atoms with Crippen LogP contribution in [0.2, 0.25) is 0 Å². The second-order valence-electron chi connectivity index (χ2n) is 6.26. The van der Waals surface area contributed by atoms with Crippen LogP contribution in [0, 0.1) is 0 Å². The van der Waals surface area contributed by atoms with Crippen molar-refractivity contribution >= 4 is 34.5 Å². The van der Waals surface area contributed by atoms with Gasteiger partial charge in [0.15, 0.2) is 0 Å². The smallest absolute Gasteiger partial charge is 0.256 e. The minimum absolute atomic E-state index is 0.226. The van der Waals surface area contributed by atoms with Crippen LogP contribution >= 0.6 is 11.3 Å². The molecule has 138 valence electrons. The molecule has 0 spiro atoms. The number of hydrogen-bond donors (Lipinski definition) is 2. The van der Waals surface area contributed by atoms with Gasteiger partial charge >= 0.3 is 0 Å². The quantitative estimate of drug-likeness (QED) is 0.681. The fourth-order valence-corrected chi connectivity index (χ4v) is 3.20. The van der Waals surface area contributed by atoms with Crippen LogP contribution in [0.1, 0.15) is 26.3 Å². The summed E-state index contributed by atoms with van der Waals surface area (Å²) in [6, 6.07) is 16.7. The van der Waals surface area contributed by atoms with Crippen LogP contribution in [0.5, 0.6) is 0 Å². The summed E-state index contributed by atoms with van der Waals surface area (Å²) in [5, 5.41) is 9.34. The fourth-order valence-electron chi connectivity index (χ4n) is 2.57. The molecule has 0 saturated heterocycles. The number of benzene rings is 2. The highest BCUT2D eigenvalue weighted by molar-refractivity contribution is 7.08. The molecular weight excluding hydrogens is 358 g/mol. The third kappa shape index (κ3) is 4.74. The first-order chi connectivity index (χ1) is 13.0. The van der Waals surface area contributed by atoms with Crippen LogP contribution in [-0.2, 0) is 6.54 Å². The summed E-state index contributed by atoms with van der Waals surface area (Å²) in [5.74, 6) is -0.455. The monoisotopic (exact) mass is 379 g/mol. The first-order valence-corrected chi connectivity index (χ1v) is 9.46. The second-order valence-corrected chi connectivity index (χ2v) is 7.04. The lowest BCUT2D eigenvalue weighted by Gasteiger charge is -2.13. The summed E-state index contributed by atoms with van der Waals surface area (Å²) in [5.41, 5.74) is 3.62. The van der Waals surface area contributed by atoms with Gasteiger partial charge in [-0.05, 0) is 41.3 Å². The lowest BCUT2D eigenvalue weighted by Crippen LogP contribution is -2.24. The number of rotatable bonds is 6. The van der Waals surface area contributed by atoms with Gasteiger partial charge in [0.05, 0.1) is 16.8 Å². The van der Waals surface area contributed by atoms with Crippen molar-refractivity contribution in [2.75, 3.05) is 24.3 Å². The zero-order chi connectivity index (χ0) is 19.2. The van der Waals surface area contributed by atoms with E-state index in [2.05, 4.69) is 10.6 Å². The minimum atomic E-state index is -0.229. The summed E-state index contributed by atoms with van der Waals surface area (Å²) >= 11 is 1.45. The lowest BCUT2D eigenvalue weighted by molar-refractivity contribution is 0.0952. The van der Waals surface area contributed by atoms with Gasteiger partial charge in [0.1, 0.15) is 0 Å². The molecule has 1 heterocycles. The van der Waals surface area contributed by atoms with Crippen molar-refractivity contribution in [3.05, 3.63) is 82.0 Å². The van der Waals surface area contributed by atoms with Crippen LogP contribution in [0.25, 0.3) is 0 Å². The molecule has 3 aromatic rings. The molecule has 1 aromatic heterocycles. The Balaban J connectivity index is 1.67. The van der Waals surface area contributed by atoms with Gasteiger partial charge in [0, 0.05) is 31.7 Å². The van der Waals surface area contributed by atoms with Crippen molar-refractivity contribution in [3.63, 3.8) is 0 Å². The van der Waals surface area contributed by atoms with Crippen molar-refractivity contribution in [2.24, 2.45) is 0 Å². The minimum Gasteiger partial charge on any atom is -0.378 e. The normalized spacial score (nSPS) is 10.3. The van der Waals surface area contributed by atoms with Crippen molar-refractivity contribution in [1.82, 2.24) is 5.32 Å². The van der Waals surface area contributed by atoms with Gasteiger partial charge in [0.2, 0.25) is 0 Å². The molecule has 2 N–H and O–H groups in total. The van der Waals surface area contributed by atoms with Gasteiger partial charge in [-0.15, -0.1) is 0 Å². The number of anilines is 2. The number of thiophene rings is 1. The number of para-hydroxylation sites is 1. The second kappa shape index (κ2) is 8.51. The van der Waals surface area contributed by atoms with Gasteiger partial charge in [0.25, 0.3) is 11.8 Å². The lowest BCUT2D eigenvalue weighted by atomic mass is 10.1. The molecule has 2 amide bonds. The summed E-state index contributed by atoms with van der Waals surface area (Å²) in [7, 11) is 3.97. The Morgan fingerprint density at radius 2 is 1.70 bits per heavy atom. The highest BCUT2D eigenvalue weighted by Crippen LogP contribution is 2.18. The zero-order valence-electron chi connectivity index (χ0n) is 15.2. The fraction of sp³-hybridized carbons (Fsp3) is 0.143. The number of nitrogens with zero attached hydrogens (tertiary/aromatic N) is 1. The largest absolute Gasteiger partial charge is 0.378 e. The molecule has 2 aromatic carbocycles. The molecule has 3 rings (SSSR count). The van der Waals surface area contributed by atoms with Crippen molar-refractivity contribution in [3.8, 4) is 0 Å². The van der Waals surface area contributed by atoms with E-state index in [-0.39, 0.29) is 11.8 Å².